The fourth-order valence-electron chi connectivity index (χ4n) is 4.01. The smallest absolute Gasteiger partial charge is 0.362 e. The quantitative estimate of drug-likeness (QED) is 0.206. The van der Waals surface area contributed by atoms with E-state index < -0.39 is 58.9 Å². The van der Waals surface area contributed by atoms with Gasteiger partial charge < -0.3 is 25.8 Å². The van der Waals surface area contributed by atoms with Crippen LogP contribution in [0.25, 0.3) is 22.3 Å². The molecule has 1 saturated heterocycles. The van der Waals surface area contributed by atoms with Crippen LogP contribution >= 0.6 is 0 Å². The molecule has 1 aliphatic heterocycles. The number of hydrogen-bond donors (Lipinski definition) is 5. The molecule has 204 valence electrons. The third-order valence-corrected chi connectivity index (χ3v) is 6.84. The summed E-state index contributed by atoms with van der Waals surface area (Å²) in [5.41, 5.74) is 7.04. The molecular weight excluding hydrogens is 539 g/mol. The van der Waals surface area contributed by atoms with Crippen molar-refractivity contribution >= 4 is 33.1 Å². The molecule has 14 nitrogen and oxygen atoms in total. The van der Waals surface area contributed by atoms with Crippen LogP contribution in [0.4, 0.5) is 10.2 Å². The molecule has 4 aromatic rings. The molecular formula is C23H21FN6O8S. The first-order valence-electron chi connectivity index (χ1n) is 11.3. The number of halogens is 1. The monoisotopic (exact) mass is 560 g/mol. The number of amides is 1. The molecule has 0 unspecified atom stereocenters. The van der Waals surface area contributed by atoms with E-state index in [9.17, 15) is 32.9 Å². The van der Waals surface area contributed by atoms with Gasteiger partial charge in [0, 0.05) is 5.56 Å². The fraction of sp³-hybridized carbons (Fsp3) is 0.217. The number of aromatic nitrogens is 4. The number of phenols is 1. The number of hydrogen-bond acceptors (Lipinski definition) is 12. The van der Waals surface area contributed by atoms with Crippen molar-refractivity contribution in [2.75, 3.05) is 12.3 Å². The molecule has 3 heterocycles. The fourth-order valence-corrected chi connectivity index (χ4v) is 4.72. The van der Waals surface area contributed by atoms with Gasteiger partial charge in [-0.3, -0.25) is 8.98 Å². The number of para-hydroxylation sites is 1. The van der Waals surface area contributed by atoms with Crippen LogP contribution in [-0.4, -0.2) is 74.5 Å². The lowest BCUT2D eigenvalue weighted by atomic mass is 10.1. The number of aliphatic hydroxyl groups is 2. The van der Waals surface area contributed by atoms with Crippen molar-refractivity contribution in [2.24, 2.45) is 0 Å². The molecule has 1 aliphatic rings. The predicted octanol–water partition coefficient (Wildman–Crippen LogP) is 0.231. The maximum Gasteiger partial charge on any atom is 0.362 e. The minimum Gasteiger partial charge on any atom is -0.507 e. The molecule has 0 radical (unpaired) electrons. The Morgan fingerprint density at radius 3 is 2.59 bits per heavy atom. The number of carbonyl (C=O) groups is 1. The van der Waals surface area contributed by atoms with E-state index in [0.717, 1.165) is 4.68 Å². The SMILES string of the molecule is Nc1nc(-c2ccc(F)cc2)cc2c1nnn2[C@@H]1O[C@H](COS(=O)(=O)NC(=O)c2ccccc2O)[C@@H](O)[C@H]1O. The Morgan fingerprint density at radius 2 is 1.87 bits per heavy atom. The van der Waals surface area contributed by atoms with Crippen molar-refractivity contribution in [3.63, 3.8) is 0 Å². The number of anilines is 1. The summed E-state index contributed by atoms with van der Waals surface area (Å²) in [7, 11) is -4.69. The first kappa shape index (κ1) is 26.4. The second-order valence-electron chi connectivity index (χ2n) is 8.53. The van der Waals surface area contributed by atoms with Crippen LogP contribution in [0.1, 0.15) is 16.6 Å². The standard InChI is InChI=1S/C23H21FN6O8S/c24-12-7-5-11(6-8-12)14-9-15-18(21(25)26-14)27-29-30(15)23-20(33)19(32)17(38-23)10-37-39(35,36)28-22(34)13-3-1-2-4-16(13)31/h1-9,17,19-20,23,31-33H,10H2,(H2,25,26)(H,28,34)/t17-,19-,20-,23-/m1/s1. The zero-order valence-corrected chi connectivity index (χ0v) is 20.6. The average Bonchev–Trinajstić information content (AvgIpc) is 3.44. The van der Waals surface area contributed by atoms with Gasteiger partial charge in [-0.25, -0.2) is 18.8 Å². The van der Waals surface area contributed by atoms with E-state index in [1.54, 1.807) is 4.72 Å². The van der Waals surface area contributed by atoms with Crippen LogP contribution < -0.4 is 10.5 Å². The molecule has 39 heavy (non-hydrogen) atoms. The number of aliphatic hydroxyl groups excluding tert-OH is 2. The van der Waals surface area contributed by atoms with Gasteiger partial charge in [-0.15, -0.1) is 5.10 Å². The van der Waals surface area contributed by atoms with Gasteiger partial charge in [0.15, 0.2) is 17.6 Å². The van der Waals surface area contributed by atoms with Crippen molar-refractivity contribution in [3.05, 3.63) is 66.0 Å². The summed E-state index contributed by atoms with van der Waals surface area (Å²) < 4.78 is 51.1. The summed E-state index contributed by atoms with van der Waals surface area (Å²) in [5.74, 6) is -2.03. The van der Waals surface area contributed by atoms with Crippen molar-refractivity contribution in [1.82, 2.24) is 24.7 Å². The number of aromatic hydroxyl groups is 1. The van der Waals surface area contributed by atoms with Crippen LogP contribution in [0.5, 0.6) is 5.75 Å². The molecule has 16 heteroatoms. The minimum absolute atomic E-state index is 0.00252. The maximum absolute atomic E-state index is 13.3. The van der Waals surface area contributed by atoms with Crippen molar-refractivity contribution < 1.29 is 41.8 Å². The number of ether oxygens (including phenoxy) is 1. The largest absolute Gasteiger partial charge is 0.507 e. The Bertz CT molecular complexity index is 1650. The normalized spacial score (nSPS) is 21.3. The minimum atomic E-state index is -4.69. The van der Waals surface area contributed by atoms with Gasteiger partial charge in [0.25, 0.3) is 5.91 Å². The number of nitrogens with one attached hydrogen (secondary N) is 1. The number of nitrogens with zero attached hydrogens (tertiary/aromatic N) is 4. The van der Waals surface area contributed by atoms with E-state index in [1.165, 1.54) is 54.6 Å². The van der Waals surface area contributed by atoms with Gasteiger partial charge >= 0.3 is 10.3 Å². The Balaban J connectivity index is 1.33. The summed E-state index contributed by atoms with van der Waals surface area (Å²) in [6.45, 7) is -0.782. The lowest BCUT2D eigenvalue weighted by Gasteiger charge is -2.16. The van der Waals surface area contributed by atoms with Crippen LogP contribution in [0, 0.1) is 5.82 Å². The van der Waals surface area contributed by atoms with Crippen molar-refractivity contribution in [2.45, 2.75) is 24.5 Å². The molecule has 6 N–H and O–H groups in total. The highest BCUT2D eigenvalue weighted by atomic mass is 32.2. The van der Waals surface area contributed by atoms with Gasteiger partial charge in [0.05, 0.1) is 23.4 Å². The van der Waals surface area contributed by atoms with E-state index in [4.69, 9.17) is 14.7 Å². The van der Waals surface area contributed by atoms with Gasteiger partial charge in [-0.2, -0.15) is 8.42 Å². The third kappa shape index (κ3) is 5.23. The van der Waals surface area contributed by atoms with Gasteiger partial charge in [-0.1, -0.05) is 17.3 Å². The van der Waals surface area contributed by atoms with Crippen molar-refractivity contribution in [3.8, 4) is 17.0 Å². The summed E-state index contributed by atoms with van der Waals surface area (Å²) >= 11 is 0. The molecule has 0 bridgehead atoms. The number of benzene rings is 2. The lowest BCUT2D eigenvalue weighted by Crippen LogP contribution is -2.37. The molecule has 0 aliphatic carbocycles. The van der Waals surface area contributed by atoms with E-state index in [-0.39, 0.29) is 22.4 Å². The summed E-state index contributed by atoms with van der Waals surface area (Å²) in [4.78, 5) is 16.4. The number of nitrogen functional groups attached to an aromatic ring is 1. The van der Waals surface area contributed by atoms with E-state index >= 15 is 0 Å². The summed E-state index contributed by atoms with van der Waals surface area (Å²) in [6.07, 6.45) is -5.91. The Labute approximate surface area is 219 Å². The van der Waals surface area contributed by atoms with E-state index in [1.807, 2.05) is 0 Å². The number of rotatable bonds is 7. The zero-order valence-electron chi connectivity index (χ0n) is 19.7. The molecule has 1 amide bonds. The third-order valence-electron chi connectivity index (χ3n) is 5.96. The molecule has 2 aromatic heterocycles. The molecule has 0 saturated carbocycles. The van der Waals surface area contributed by atoms with E-state index in [2.05, 4.69) is 15.3 Å². The number of nitrogens with two attached hydrogens (primary N) is 1. The van der Waals surface area contributed by atoms with Crippen LogP contribution in [0.3, 0.4) is 0 Å². The second-order valence-corrected chi connectivity index (χ2v) is 9.88. The van der Waals surface area contributed by atoms with Crippen LogP contribution in [-0.2, 0) is 19.2 Å². The number of fused-ring (bicyclic) bond motifs is 1. The maximum atomic E-state index is 13.3. The summed E-state index contributed by atoms with van der Waals surface area (Å²) in [6, 6.07) is 12.3. The summed E-state index contributed by atoms with van der Waals surface area (Å²) in [5, 5.41) is 38.8. The van der Waals surface area contributed by atoms with E-state index in [0.29, 0.717) is 11.3 Å². The molecule has 5 rings (SSSR count). The first-order valence-corrected chi connectivity index (χ1v) is 12.7. The topological polar surface area (TPSA) is 212 Å². The molecule has 0 spiro atoms. The predicted molar refractivity (Wildman–Crippen MR) is 131 cm³/mol. The Hall–Kier alpha value is -4.22. The van der Waals surface area contributed by atoms with Crippen molar-refractivity contribution in [1.29, 1.82) is 0 Å². The van der Waals surface area contributed by atoms with Gasteiger partial charge in [0.1, 0.15) is 29.9 Å². The Kier molecular flexibility index (Phi) is 6.87. The second kappa shape index (κ2) is 10.2. The highest BCUT2D eigenvalue weighted by Gasteiger charge is 2.45. The number of carbonyl (C=O) groups excluding carboxylic acids is 1. The highest BCUT2D eigenvalue weighted by molar-refractivity contribution is 7.85. The van der Waals surface area contributed by atoms with Crippen LogP contribution in [0.2, 0.25) is 0 Å². The molecule has 4 atom stereocenters. The highest BCUT2D eigenvalue weighted by Crippen LogP contribution is 2.33. The number of phenolic OH excluding ortho intramolecular Hbond substituents is 1. The van der Waals surface area contributed by atoms with Gasteiger partial charge in [0.2, 0.25) is 0 Å². The molecule has 2 aromatic carbocycles. The Morgan fingerprint density at radius 1 is 1.15 bits per heavy atom. The lowest BCUT2D eigenvalue weighted by molar-refractivity contribution is -0.0533. The average molecular weight is 561 g/mol. The van der Waals surface area contributed by atoms with Crippen LogP contribution in [0.15, 0.2) is 54.6 Å². The van der Waals surface area contributed by atoms with Gasteiger partial charge in [-0.05, 0) is 42.5 Å². The molecule has 1 fully saturated rings. The number of pyridine rings is 1. The zero-order chi connectivity index (χ0) is 27.9. The first-order chi connectivity index (χ1) is 18.5.